The Balaban J connectivity index is 2.35. The molecular weight excluding hydrogens is 134 g/mol. The number of carbonyl (C=O) groups is 1. The van der Waals surface area contributed by atoms with Crippen LogP contribution in [0.4, 0.5) is 0 Å². The molecule has 2 atom stereocenters. The van der Waals surface area contributed by atoms with Gasteiger partial charge in [0, 0.05) is 13.2 Å². The van der Waals surface area contributed by atoms with Gasteiger partial charge < -0.3 is 15.5 Å². The van der Waals surface area contributed by atoms with Crippen molar-refractivity contribution in [3.63, 3.8) is 0 Å². The van der Waals surface area contributed by atoms with Gasteiger partial charge >= 0.3 is 5.97 Å². The Hall–Kier alpha value is -0.610. The number of hydrogen-bond acceptors (Lipinski definition) is 3. The summed E-state index contributed by atoms with van der Waals surface area (Å²) in [4.78, 5) is 10.3. The molecule has 58 valence electrons. The lowest BCUT2D eigenvalue weighted by atomic mass is 10.1. The zero-order valence-corrected chi connectivity index (χ0v) is 5.58. The van der Waals surface area contributed by atoms with Crippen LogP contribution in [-0.4, -0.2) is 35.4 Å². The number of aliphatic carboxylic acids is 1. The van der Waals surface area contributed by atoms with Crippen molar-refractivity contribution < 1.29 is 15.0 Å². The summed E-state index contributed by atoms with van der Waals surface area (Å²) in [7, 11) is 0. The van der Waals surface area contributed by atoms with E-state index in [1.54, 1.807) is 0 Å². The third kappa shape index (κ3) is 1.46. The lowest BCUT2D eigenvalue weighted by molar-refractivity contribution is -0.139. The molecule has 1 rings (SSSR count). The van der Waals surface area contributed by atoms with Crippen molar-refractivity contribution in [2.24, 2.45) is 5.92 Å². The molecule has 1 aliphatic rings. The molecule has 10 heavy (non-hydrogen) atoms. The number of aliphatic hydroxyl groups is 1. The Labute approximate surface area is 58.9 Å². The fraction of sp³-hybridized carbons (Fsp3) is 0.833. The molecule has 0 spiro atoms. The molecule has 1 heterocycles. The van der Waals surface area contributed by atoms with Crippen LogP contribution in [0, 0.1) is 5.92 Å². The van der Waals surface area contributed by atoms with Crippen LogP contribution in [0.25, 0.3) is 0 Å². The van der Waals surface area contributed by atoms with Crippen molar-refractivity contribution in [1.82, 2.24) is 5.32 Å². The minimum Gasteiger partial charge on any atom is -0.480 e. The maximum atomic E-state index is 10.3. The van der Waals surface area contributed by atoms with Crippen LogP contribution < -0.4 is 5.32 Å². The molecule has 0 radical (unpaired) electrons. The second kappa shape index (κ2) is 2.98. The van der Waals surface area contributed by atoms with E-state index in [1.165, 1.54) is 0 Å². The highest BCUT2D eigenvalue weighted by Crippen LogP contribution is 2.12. The highest BCUT2D eigenvalue weighted by Gasteiger charge is 2.28. The molecule has 0 aromatic rings. The molecule has 1 fully saturated rings. The second-order valence-corrected chi connectivity index (χ2v) is 2.58. The summed E-state index contributed by atoms with van der Waals surface area (Å²) in [6.45, 7) is 0.699. The Kier molecular flexibility index (Phi) is 2.24. The van der Waals surface area contributed by atoms with Crippen LogP contribution in [0.3, 0.4) is 0 Å². The lowest BCUT2D eigenvalue weighted by Crippen LogP contribution is -2.29. The average Bonchev–Trinajstić information content (AvgIpc) is 2.34. The van der Waals surface area contributed by atoms with Crippen LogP contribution in [0.15, 0.2) is 0 Å². The molecule has 1 saturated heterocycles. The first-order valence-electron chi connectivity index (χ1n) is 3.31. The first-order valence-corrected chi connectivity index (χ1v) is 3.31. The molecule has 4 nitrogen and oxygen atoms in total. The normalized spacial score (nSPS) is 32.5. The van der Waals surface area contributed by atoms with Crippen molar-refractivity contribution in [3.8, 4) is 0 Å². The minimum atomic E-state index is -0.823. The topological polar surface area (TPSA) is 69.6 Å². The van der Waals surface area contributed by atoms with E-state index in [0.717, 1.165) is 0 Å². The summed E-state index contributed by atoms with van der Waals surface area (Å²) in [5.74, 6) is -0.697. The highest BCUT2D eigenvalue weighted by atomic mass is 16.4. The standard InChI is InChI=1S/C6H11NO3/c8-3-4-1-5(6(9)10)7-2-4/h4-5,7-8H,1-3H2,(H,9,10)/t4?,5-/m0/s1. The van der Waals surface area contributed by atoms with E-state index >= 15 is 0 Å². The molecule has 0 bridgehead atoms. The molecule has 0 aliphatic carbocycles. The van der Waals surface area contributed by atoms with E-state index in [4.69, 9.17) is 10.2 Å². The third-order valence-electron chi connectivity index (χ3n) is 1.78. The van der Waals surface area contributed by atoms with E-state index in [1.807, 2.05) is 0 Å². The number of carboxylic acids is 1. The number of hydrogen-bond donors (Lipinski definition) is 3. The molecule has 0 saturated carbocycles. The molecule has 1 unspecified atom stereocenters. The molecule has 0 amide bonds. The third-order valence-corrected chi connectivity index (χ3v) is 1.78. The zero-order chi connectivity index (χ0) is 7.56. The van der Waals surface area contributed by atoms with Gasteiger partial charge in [-0.1, -0.05) is 0 Å². The number of nitrogens with one attached hydrogen (secondary N) is 1. The fourth-order valence-corrected chi connectivity index (χ4v) is 1.14. The van der Waals surface area contributed by atoms with Gasteiger partial charge in [-0.15, -0.1) is 0 Å². The Morgan fingerprint density at radius 2 is 2.40 bits per heavy atom. The first kappa shape index (κ1) is 7.50. The van der Waals surface area contributed by atoms with Crippen molar-refractivity contribution in [3.05, 3.63) is 0 Å². The van der Waals surface area contributed by atoms with Gasteiger partial charge in [0.2, 0.25) is 0 Å². The fourth-order valence-electron chi connectivity index (χ4n) is 1.14. The first-order chi connectivity index (χ1) is 4.74. The summed E-state index contributed by atoms with van der Waals surface area (Å²) in [5.41, 5.74) is 0. The second-order valence-electron chi connectivity index (χ2n) is 2.58. The molecule has 0 aromatic heterocycles. The van der Waals surface area contributed by atoms with Crippen LogP contribution in [0.5, 0.6) is 0 Å². The molecule has 0 aromatic carbocycles. The summed E-state index contributed by atoms with van der Waals surface area (Å²) < 4.78 is 0. The maximum absolute atomic E-state index is 10.3. The quantitative estimate of drug-likeness (QED) is 0.468. The minimum absolute atomic E-state index is 0.0801. The summed E-state index contributed by atoms with van der Waals surface area (Å²) in [6, 6.07) is -0.447. The van der Waals surface area contributed by atoms with E-state index < -0.39 is 12.0 Å². The summed E-state index contributed by atoms with van der Waals surface area (Å²) in [5, 5.41) is 19.9. The van der Waals surface area contributed by atoms with Gasteiger partial charge in [-0.3, -0.25) is 4.79 Å². The molecule has 4 heteroatoms. The maximum Gasteiger partial charge on any atom is 0.320 e. The average molecular weight is 145 g/mol. The summed E-state index contributed by atoms with van der Waals surface area (Å²) in [6.07, 6.45) is 0.547. The molecule has 3 N–H and O–H groups in total. The monoisotopic (exact) mass is 145 g/mol. The van der Waals surface area contributed by atoms with Crippen molar-refractivity contribution in [1.29, 1.82) is 0 Å². The van der Waals surface area contributed by atoms with E-state index in [0.29, 0.717) is 13.0 Å². The number of aliphatic hydroxyl groups excluding tert-OH is 1. The predicted molar refractivity (Wildman–Crippen MR) is 34.6 cm³/mol. The highest BCUT2D eigenvalue weighted by molar-refractivity contribution is 5.73. The molecular formula is C6H11NO3. The van der Waals surface area contributed by atoms with Crippen LogP contribution in [-0.2, 0) is 4.79 Å². The SMILES string of the molecule is O=C(O)[C@@H]1CC(CO)CN1. The molecule has 1 aliphatic heterocycles. The van der Waals surface area contributed by atoms with Crippen LogP contribution in [0.1, 0.15) is 6.42 Å². The van der Waals surface area contributed by atoms with Gasteiger partial charge in [-0.25, -0.2) is 0 Å². The van der Waals surface area contributed by atoms with E-state index in [-0.39, 0.29) is 12.5 Å². The Morgan fingerprint density at radius 1 is 1.70 bits per heavy atom. The van der Waals surface area contributed by atoms with Crippen molar-refractivity contribution in [2.75, 3.05) is 13.2 Å². The Bertz CT molecular complexity index is 137. The van der Waals surface area contributed by atoms with Crippen LogP contribution in [0.2, 0.25) is 0 Å². The smallest absolute Gasteiger partial charge is 0.320 e. The predicted octanol–water partition coefficient (Wildman–Crippen LogP) is -0.959. The number of rotatable bonds is 2. The van der Waals surface area contributed by atoms with Crippen molar-refractivity contribution >= 4 is 5.97 Å². The number of carboxylic acid groups (broad SMARTS) is 1. The Morgan fingerprint density at radius 3 is 2.70 bits per heavy atom. The van der Waals surface area contributed by atoms with Gasteiger partial charge in [0.1, 0.15) is 6.04 Å². The van der Waals surface area contributed by atoms with Gasteiger partial charge in [-0.2, -0.15) is 0 Å². The van der Waals surface area contributed by atoms with Gasteiger partial charge in [0.25, 0.3) is 0 Å². The van der Waals surface area contributed by atoms with E-state index in [9.17, 15) is 4.79 Å². The lowest BCUT2D eigenvalue weighted by Gasteiger charge is -2.01. The van der Waals surface area contributed by atoms with Gasteiger partial charge in [-0.05, 0) is 12.3 Å². The van der Waals surface area contributed by atoms with Gasteiger partial charge in [0.05, 0.1) is 0 Å². The van der Waals surface area contributed by atoms with Crippen LogP contribution >= 0.6 is 0 Å². The zero-order valence-electron chi connectivity index (χ0n) is 5.58. The largest absolute Gasteiger partial charge is 0.480 e. The van der Waals surface area contributed by atoms with Gasteiger partial charge in [0.15, 0.2) is 0 Å². The van der Waals surface area contributed by atoms with E-state index in [2.05, 4.69) is 5.32 Å². The van der Waals surface area contributed by atoms with Crippen molar-refractivity contribution in [2.45, 2.75) is 12.5 Å². The summed E-state index contributed by atoms with van der Waals surface area (Å²) >= 11 is 0.